The zero-order chi connectivity index (χ0) is 50.5. The summed E-state index contributed by atoms with van der Waals surface area (Å²) in [5.74, 6) is 1.22. The van der Waals surface area contributed by atoms with Crippen molar-refractivity contribution in [2.24, 2.45) is 0 Å². The molecule has 0 spiro atoms. The summed E-state index contributed by atoms with van der Waals surface area (Å²) in [5.41, 5.74) is 13.9. The molecule has 0 fully saturated rings. The van der Waals surface area contributed by atoms with Crippen molar-refractivity contribution in [1.82, 2.24) is 29.1 Å². The molecule has 358 valence electrons. The standard InChI is InChI=1S/C70H48N6/c1-7-23-51(24-8-1)69(52-25-9-2-10-26-52,53-27-11-3-12-28-53)57-45-71-67(72-46-57)75-63-37-21-19-35-59(63)61-43-49(39-41-65(61)75)50-40-42-66-62(44-50)60-36-20-22-38-64(60)76(66)68-73-47-58(48-74-68)70(54-29-13-4-14-30-54,55-31-15-5-16-32-55)56-33-17-6-18-34-56/h1-48H. The first-order valence-corrected chi connectivity index (χ1v) is 25.8. The van der Waals surface area contributed by atoms with Crippen LogP contribution >= 0.6 is 0 Å². The third kappa shape index (κ3) is 7.03. The molecule has 0 aliphatic heterocycles. The van der Waals surface area contributed by atoms with E-state index in [1.807, 2.05) is 24.8 Å². The highest BCUT2D eigenvalue weighted by molar-refractivity contribution is 6.12. The van der Waals surface area contributed by atoms with Crippen LogP contribution in [0.4, 0.5) is 0 Å². The second-order valence-corrected chi connectivity index (χ2v) is 19.4. The fourth-order valence-corrected chi connectivity index (χ4v) is 12.1. The van der Waals surface area contributed by atoms with Gasteiger partial charge in [0.05, 0.1) is 32.9 Å². The molecule has 0 saturated carbocycles. The van der Waals surface area contributed by atoms with Crippen LogP contribution in [0.5, 0.6) is 0 Å². The van der Waals surface area contributed by atoms with E-state index in [1.165, 1.54) is 0 Å². The summed E-state index contributed by atoms with van der Waals surface area (Å²) in [7, 11) is 0. The minimum Gasteiger partial charge on any atom is -0.278 e. The molecule has 4 heterocycles. The Hall–Kier alpha value is -10.0. The Labute approximate surface area is 440 Å². The summed E-state index contributed by atoms with van der Waals surface area (Å²) < 4.78 is 4.39. The number of para-hydroxylation sites is 2. The summed E-state index contributed by atoms with van der Waals surface area (Å²) in [6, 6.07) is 94.8. The number of aromatic nitrogens is 6. The van der Waals surface area contributed by atoms with Gasteiger partial charge in [-0.15, -0.1) is 0 Å². The Balaban J connectivity index is 0.865. The van der Waals surface area contributed by atoms with Gasteiger partial charge >= 0.3 is 0 Å². The zero-order valence-electron chi connectivity index (χ0n) is 41.4. The first-order chi connectivity index (χ1) is 37.7. The Kier molecular flexibility index (Phi) is 10.8. The lowest BCUT2D eigenvalue weighted by Gasteiger charge is -2.36. The molecular formula is C70H48N6. The molecule has 0 N–H and O–H groups in total. The van der Waals surface area contributed by atoms with Crippen molar-refractivity contribution < 1.29 is 0 Å². The van der Waals surface area contributed by atoms with Crippen LogP contribution in [-0.2, 0) is 10.8 Å². The molecule has 0 bridgehead atoms. The number of rotatable bonds is 11. The highest BCUT2D eigenvalue weighted by Gasteiger charge is 2.40. The van der Waals surface area contributed by atoms with E-state index in [-0.39, 0.29) is 0 Å². The van der Waals surface area contributed by atoms with Crippen LogP contribution < -0.4 is 0 Å². The Morgan fingerprint density at radius 1 is 0.224 bits per heavy atom. The van der Waals surface area contributed by atoms with E-state index in [0.29, 0.717) is 11.9 Å². The van der Waals surface area contributed by atoms with Crippen molar-refractivity contribution in [1.29, 1.82) is 0 Å². The van der Waals surface area contributed by atoms with Crippen molar-refractivity contribution in [3.63, 3.8) is 0 Å². The van der Waals surface area contributed by atoms with Gasteiger partial charge in [0.1, 0.15) is 0 Å². The summed E-state index contributed by atoms with van der Waals surface area (Å²) in [6.45, 7) is 0. The molecule has 76 heavy (non-hydrogen) atoms. The van der Waals surface area contributed by atoms with E-state index in [1.54, 1.807) is 0 Å². The fourth-order valence-electron chi connectivity index (χ4n) is 12.1. The van der Waals surface area contributed by atoms with Gasteiger partial charge in [-0.25, -0.2) is 19.9 Å². The highest BCUT2D eigenvalue weighted by atomic mass is 15.2. The number of hydrogen-bond acceptors (Lipinski definition) is 4. The quantitative estimate of drug-likeness (QED) is 0.121. The van der Waals surface area contributed by atoms with Crippen molar-refractivity contribution in [2.75, 3.05) is 0 Å². The lowest BCUT2D eigenvalue weighted by Crippen LogP contribution is -2.31. The fraction of sp³-hybridized carbons (Fsp3) is 0.0286. The molecule has 6 heteroatoms. The minimum atomic E-state index is -0.649. The van der Waals surface area contributed by atoms with Crippen molar-refractivity contribution in [3.05, 3.63) is 336 Å². The SMILES string of the molecule is c1ccc(C(c2ccccc2)(c2ccccc2)c2cnc(-n3c4ccccc4c4cc(-c5ccc6c(c5)c5ccccc5n6-c5ncc(C(c6ccccc6)(c6ccccc6)c6ccccc6)cn5)ccc43)nc2)cc1. The molecule has 0 radical (unpaired) electrons. The maximum absolute atomic E-state index is 5.23. The number of nitrogens with zero attached hydrogens (tertiary/aromatic N) is 6. The predicted octanol–water partition coefficient (Wildman–Crippen LogP) is 15.9. The zero-order valence-corrected chi connectivity index (χ0v) is 41.4. The van der Waals surface area contributed by atoms with Crippen LogP contribution in [0.3, 0.4) is 0 Å². The van der Waals surface area contributed by atoms with Gasteiger partial charge in [-0.2, -0.15) is 0 Å². The van der Waals surface area contributed by atoms with Gasteiger partial charge in [-0.05, 0) is 80.9 Å². The maximum Gasteiger partial charge on any atom is 0.234 e. The molecular weight excluding hydrogens is 925 g/mol. The molecule has 14 aromatic rings. The summed E-state index contributed by atoms with van der Waals surface area (Å²) in [6.07, 6.45) is 8.07. The third-order valence-corrected chi connectivity index (χ3v) is 15.5. The molecule has 4 aromatic heterocycles. The van der Waals surface area contributed by atoms with Gasteiger partial charge in [0, 0.05) is 57.5 Å². The highest BCUT2D eigenvalue weighted by Crippen LogP contribution is 2.47. The van der Waals surface area contributed by atoms with E-state index in [4.69, 9.17) is 19.9 Å². The second kappa shape index (κ2) is 18.5. The lowest BCUT2D eigenvalue weighted by atomic mass is 9.66. The maximum atomic E-state index is 5.23. The van der Waals surface area contributed by atoms with E-state index in [9.17, 15) is 0 Å². The van der Waals surface area contributed by atoms with Crippen molar-refractivity contribution in [3.8, 4) is 23.0 Å². The van der Waals surface area contributed by atoms with Crippen LogP contribution in [0.1, 0.15) is 44.5 Å². The molecule has 10 aromatic carbocycles. The van der Waals surface area contributed by atoms with E-state index < -0.39 is 10.8 Å². The predicted molar refractivity (Wildman–Crippen MR) is 308 cm³/mol. The Morgan fingerprint density at radius 2 is 0.474 bits per heavy atom. The second-order valence-electron chi connectivity index (χ2n) is 19.4. The molecule has 6 nitrogen and oxygen atoms in total. The average molecular weight is 973 g/mol. The minimum absolute atomic E-state index is 0.612. The smallest absolute Gasteiger partial charge is 0.234 e. The third-order valence-electron chi connectivity index (χ3n) is 15.5. The number of fused-ring (bicyclic) bond motifs is 6. The normalized spacial score (nSPS) is 11.9. The Morgan fingerprint density at radius 3 is 0.763 bits per heavy atom. The van der Waals surface area contributed by atoms with Gasteiger partial charge in [0.25, 0.3) is 0 Å². The van der Waals surface area contributed by atoms with Crippen molar-refractivity contribution >= 4 is 43.6 Å². The number of benzene rings is 10. The van der Waals surface area contributed by atoms with Crippen LogP contribution in [0.15, 0.2) is 292 Å². The summed E-state index contributed by atoms with van der Waals surface area (Å²) in [5, 5.41) is 4.52. The molecule has 0 saturated heterocycles. The lowest BCUT2D eigenvalue weighted by molar-refractivity contribution is 0.730. The van der Waals surface area contributed by atoms with E-state index in [0.717, 1.165) is 99.2 Å². The van der Waals surface area contributed by atoms with Gasteiger partial charge in [-0.1, -0.05) is 231 Å². The van der Waals surface area contributed by atoms with Crippen LogP contribution in [-0.4, -0.2) is 29.1 Å². The first-order valence-electron chi connectivity index (χ1n) is 25.8. The molecule has 0 aliphatic carbocycles. The Bertz CT molecular complexity index is 3870. The molecule has 0 amide bonds. The molecule has 0 aliphatic rings. The summed E-state index contributed by atoms with van der Waals surface area (Å²) >= 11 is 0. The van der Waals surface area contributed by atoms with Crippen LogP contribution in [0, 0.1) is 0 Å². The van der Waals surface area contributed by atoms with Gasteiger partial charge in [0.15, 0.2) is 0 Å². The first kappa shape index (κ1) is 44.6. The van der Waals surface area contributed by atoms with Gasteiger partial charge < -0.3 is 0 Å². The van der Waals surface area contributed by atoms with Crippen molar-refractivity contribution in [2.45, 2.75) is 10.8 Å². The number of hydrogen-bond donors (Lipinski definition) is 0. The largest absolute Gasteiger partial charge is 0.278 e. The molecule has 0 unspecified atom stereocenters. The van der Waals surface area contributed by atoms with E-state index >= 15 is 0 Å². The van der Waals surface area contributed by atoms with Gasteiger partial charge in [-0.3, -0.25) is 9.13 Å². The van der Waals surface area contributed by atoms with Crippen LogP contribution in [0.25, 0.3) is 66.6 Å². The molecule has 14 rings (SSSR count). The monoisotopic (exact) mass is 972 g/mol. The van der Waals surface area contributed by atoms with Crippen LogP contribution in [0.2, 0.25) is 0 Å². The topological polar surface area (TPSA) is 61.4 Å². The average Bonchev–Trinajstić information content (AvgIpc) is 4.02. The summed E-state index contributed by atoms with van der Waals surface area (Å²) in [4.78, 5) is 20.9. The van der Waals surface area contributed by atoms with E-state index in [2.05, 4.69) is 276 Å². The molecule has 0 atom stereocenters. The van der Waals surface area contributed by atoms with Gasteiger partial charge in [0.2, 0.25) is 11.9 Å².